The number of benzene rings is 1. The number of ether oxygens (including phenoxy) is 1. The maximum atomic E-state index is 12.0. The highest BCUT2D eigenvalue weighted by molar-refractivity contribution is 9.10. The van der Waals surface area contributed by atoms with Gasteiger partial charge >= 0.3 is 6.61 Å². The van der Waals surface area contributed by atoms with E-state index >= 15 is 0 Å². The van der Waals surface area contributed by atoms with Crippen molar-refractivity contribution < 1.29 is 23.4 Å². The van der Waals surface area contributed by atoms with Crippen molar-refractivity contribution in [3.05, 3.63) is 34.3 Å². The lowest BCUT2D eigenvalue weighted by molar-refractivity contribution is -0.297. The molecular weight excluding hydrogens is 286 g/mol. The van der Waals surface area contributed by atoms with E-state index < -0.39 is 12.6 Å². The first-order valence-electron chi connectivity index (χ1n) is 4.12. The van der Waals surface area contributed by atoms with E-state index in [4.69, 9.17) is 0 Å². The van der Waals surface area contributed by atoms with E-state index in [9.17, 15) is 18.7 Å². The van der Waals surface area contributed by atoms with Gasteiger partial charge in [-0.15, -0.1) is 0 Å². The smallest absolute Gasteiger partial charge is 0.387 e. The molecule has 0 bridgehead atoms. The van der Waals surface area contributed by atoms with E-state index in [-0.39, 0.29) is 11.3 Å². The van der Waals surface area contributed by atoms with Gasteiger partial charge in [0.25, 0.3) is 0 Å². The molecule has 0 aliphatic carbocycles. The molecule has 0 unspecified atom stereocenters. The first-order chi connectivity index (χ1) is 7.49. The molecule has 3 nitrogen and oxygen atoms in total. The fourth-order valence-electron chi connectivity index (χ4n) is 1.01. The molecule has 0 saturated heterocycles. The molecular formula is C10H6BrF2O3-. The number of carboxylic acid groups (broad SMARTS) is 1. The Labute approximate surface area is 98.5 Å². The van der Waals surface area contributed by atoms with Crippen molar-refractivity contribution in [3.8, 4) is 5.75 Å². The van der Waals surface area contributed by atoms with Crippen LogP contribution < -0.4 is 9.84 Å². The molecule has 0 aliphatic rings. The monoisotopic (exact) mass is 291 g/mol. The second-order valence-corrected chi connectivity index (χ2v) is 3.63. The normalized spacial score (nSPS) is 11.0. The summed E-state index contributed by atoms with van der Waals surface area (Å²) in [6.07, 6.45) is 1.86. The van der Waals surface area contributed by atoms with Gasteiger partial charge in [-0.1, -0.05) is 15.9 Å². The van der Waals surface area contributed by atoms with Crippen LogP contribution in [0.3, 0.4) is 0 Å². The quantitative estimate of drug-likeness (QED) is 0.795. The van der Waals surface area contributed by atoms with Gasteiger partial charge in [-0.05, 0) is 30.4 Å². The minimum atomic E-state index is -2.96. The summed E-state index contributed by atoms with van der Waals surface area (Å²) >= 11 is 3.13. The summed E-state index contributed by atoms with van der Waals surface area (Å²) in [7, 11) is 0. The molecule has 1 rings (SSSR count). The van der Waals surface area contributed by atoms with Crippen LogP contribution in [0.2, 0.25) is 0 Å². The number of alkyl halides is 2. The maximum Gasteiger partial charge on any atom is 0.387 e. The first-order valence-corrected chi connectivity index (χ1v) is 4.92. The Hall–Kier alpha value is -1.43. The van der Waals surface area contributed by atoms with Crippen LogP contribution >= 0.6 is 15.9 Å². The summed E-state index contributed by atoms with van der Waals surface area (Å²) in [4.78, 5) is 10.2. The van der Waals surface area contributed by atoms with Gasteiger partial charge in [-0.3, -0.25) is 0 Å². The minimum Gasteiger partial charge on any atom is -0.545 e. The van der Waals surface area contributed by atoms with Crippen molar-refractivity contribution in [2.45, 2.75) is 6.61 Å². The Morgan fingerprint density at radius 3 is 2.75 bits per heavy atom. The summed E-state index contributed by atoms with van der Waals surface area (Å²) in [6, 6.07) is 4.27. The van der Waals surface area contributed by atoms with Crippen molar-refractivity contribution in [1.29, 1.82) is 0 Å². The average Bonchev–Trinajstić information content (AvgIpc) is 2.17. The summed E-state index contributed by atoms with van der Waals surface area (Å²) in [5.41, 5.74) is 0.221. The SMILES string of the molecule is O=C([O-])/C=C/c1cc(Br)ccc1OC(F)F. The molecule has 16 heavy (non-hydrogen) atoms. The molecule has 0 saturated carbocycles. The summed E-state index contributed by atoms with van der Waals surface area (Å²) < 4.78 is 28.9. The van der Waals surface area contributed by atoms with Gasteiger partial charge in [0.15, 0.2) is 0 Å². The molecule has 86 valence electrons. The van der Waals surface area contributed by atoms with Gasteiger partial charge < -0.3 is 14.6 Å². The van der Waals surface area contributed by atoms with Gasteiger partial charge in [0.2, 0.25) is 0 Å². The van der Waals surface area contributed by atoms with Crippen molar-refractivity contribution in [1.82, 2.24) is 0 Å². The van der Waals surface area contributed by atoms with Gasteiger partial charge in [-0.25, -0.2) is 0 Å². The van der Waals surface area contributed by atoms with Gasteiger partial charge in [0, 0.05) is 10.0 Å². The van der Waals surface area contributed by atoms with Crippen LogP contribution in [-0.4, -0.2) is 12.6 Å². The highest BCUT2D eigenvalue weighted by atomic mass is 79.9. The van der Waals surface area contributed by atoms with Crippen LogP contribution in [0.15, 0.2) is 28.7 Å². The third-order valence-electron chi connectivity index (χ3n) is 1.59. The molecule has 0 heterocycles. The van der Waals surface area contributed by atoms with E-state index in [2.05, 4.69) is 20.7 Å². The van der Waals surface area contributed by atoms with Crippen LogP contribution in [0.5, 0.6) is 5.75 Å². The van der Waals surface area contributed by atoms with E-state index in [0.29, 0.717) is 4.47 Å². The number of aliphatic carboxylic acids is 1. The Balaban J connectivity index is 3.03. The van der Waals surface area contributed by atoms with Crippen molar-refractivity contribution in [2.24, 2.45) is 0 Å². The van der Waals surface area contributed by atoms with E-state index in [0.717, 1.165) is 12.2 Å². The van der Waals surface area contributed by atoms with Crippen LogP contribution in [0.1, 0.15) is 5.56 Å². The van der Waals surface area contributed by atoms with Gasteiger partial charge in [-0.2, -0.15) is 8.78 Å². The highest BCUT2D eigenvalue weighted by Gasteiger charge is 2.08. The second-order valence-electron chi connectivity index (χ2n) is 2.71. The first kappa shape index (κ1) is 12.6. The zero-order chi connectivity index (χ0) is 12.1. The molecule has 0 aromatic heterocycles. The third kappa shape index (κ3) is 3.98. The predicted octanol–water partition coefficient (Wildman–Crippen LogP) is 1.81. The molecule has 0 amide bonds. The minimum absolute atomic E-state index is 0.101. The van der Waals surface area contributed by atoms with Crippen LogP contribution in [0.25, 0.3) is 6.08 Å². The number of rotatable bonds is 4. The zero-order valence-electron chi connectivity index (χ0n) is 7.82. The largest absolute Gasteiger partial charge is 0.545 e. The van der Waals surface area contributed by atoms with Crippen molar-refractivity contribution in [3.63, 3.8) is 0 Å². The van der Waals surface area contributed by atoms with Crippen molar-refractivity contribution >= 4 is 28.0 Å². The summed E-state index contributed by atoms with van der Waals surface area (Å²) in [6.45, 7) is -2.96. The number of hydrogen-bond donors (Lipinski definition) is 0. The fraction of sp³-hybridized carbons (Fsp3) is 0.100. The van der Waals surface area contributed by atoms with E-state index in [1.54, 1.807) is 0 Å². The van der Waals surface area contributed by atoms with Crippen LogP contribution in [0, 0.1) is 0 Å². The van der Waals surface area contributed by atoms with E-state index in [1.807, 2.05) is 0 Å². The Bertz CT molecular complexity index is 419. The number of halogens is 3. The van der Waals surface area contributed by atoms with Crippen LogP contribution in [-0.2, 0) is 4.79 Å². The lowest BCUT2D eigenvalue weighted by Crippen LogP contribution is -2.18. The fourth-order valence-corrected chi connectivity index (χ4v) is 1.39. The molecule has 0 aliphatic heterocycles. The molecule has 0 fully saturated rings. The topological polar surface area (TPSA) is 49.4 Å². The molecule has 0 atom stereocenters. The summed E-state index contributed by atoms with van der Waals surface area (Å²) in [5, 5.41) is 10.2. The highest BCUT2D eigenvalue weighted by Crippen LogP contribution is 2.25. The zero-order valence-corrected chi connectivity index (χ0v) is 9.41. The number of carboxylic acids is 1. The number of carbonyl (C=O) groups excluding carboxylic acids is 1. The molecule has 0 radical (unpaired) electrons. The molecule has 0 spiro atoms. The number of hydrogen-bond acceptors (Lipinski definition) is 3. The number of carbonyl (C=O) groups is 1. The Morgan fingerprint density at radius 1 is 1.50 bits per heavy atom. The van der Waals surface area contributed by atoms with Gasteiger partial charge in [0.05, 0.1) is 5.97 Å². The van der Waals surface area contributed by atoms with Crippen molar-refractivity contribution in [2.75, 3.05) is 0 Å². The molecule has 6 heteroatoms. The van der Waals surface area contributed by atoms with E-state index in [1.165, 1.54) is 18.2 Å². The lowest BCUT2D eigenvalue weighted by Gasteiger charge is -2.08. The van der Waals surface area contributed by atoms with Gasteiger partial charge in [0.1, 0.15) is 5.75 Å². The molecule has 1 aromatic rings. The predicted molar refractivity (Wildman–Crippen MR) is 54.8 cm³/mol. The second kappa shape index (κ2) is 5.60. The Kier molecular flexibility index (Phi) is 4.42. The molecule has 0 N–H and O–H groups in total. The molecule has 1 aromatic carbocycles. The summed E-state index contributed by atoms with van der Waals surface area (Å²) in [5.74, 6) is -1.52. The average molecular weight is 292 g/mol. The standard InChI is InChI=1S/C10H7BrF2O3/c11-7-2-3-8(16-10(12)13)6(5-7)1-4-9(14)15/h1-5,10H,(H,14,15)/p-1/b4-1+. The lowest BCUT2D eigenvalue weighted by atomic mass is 10.2. The van der Waals surface area contributed by atoms with Crippen LogP contribution in [0.4, 0.5) is 8.78 Å². The third-order valence-corrected chi connectivity index (χ3v) is 2.08. The Morgan fingerprint density at radius 2 is 2.19 bits per heavy atom. The maximum absolute atomic E-state index is 12.0.